The van der Waals surface area contributed by atoms with Crippen molar-refractivity contribution in [3.05, 3.63) is 46.3 Å². The van der Waals surface area contributed by atoms with Gasteiger partial charge in [-0.25, -0.2) is 0 Å². The summed E-state index contributed by atoms with van der Waals surface area (Å²) >= 11 is 0. The Bertz CT molecular complexity index is 1120. The zero-order valence-corrected chi connectivity index (χ0v) is 15.5. The van der Waals surface area contributed by atoms with E-state index in [-0.39, 0.29) is 27.7 Å². The van der Waals surface area contributed by atoms with Gasteiger partial charge in [0, 0.05) is 5.39 Å². The lowest BCUT2D eigenvalue weighted by atomic mass is 10.1. The van der Waals surface area contributed by atoms with E-state index in [1.54, 1.807) is 6.92 Å². The molecule has 0 aliphatic rings. The number of pyridine rings is 1. The number of aliphatic carboxylic acids is 1. The maximum atomic E-state index is 13.4. The van der Waals surface area contributed by atoms with Crippen molar-refractivity contribution in [3.8, 4) is 5.75 Å². The molecular weight excluding hydrogens is 409 g/mol. The molecule has 0 radical (unpaired) electrons. The van der Waals surface area contributed by atoms with E-state index < -0.39 is 47.2 Å². The molecule has 2 aromatic rings. The number of nitrogens with zero attached hydrogens (tertiary/aromatic N) is 2. The van der Waals surface area contributed by atoms with Gasteiger partial charge in [-0.3, -0.25) is 14.4 Å². The highest BCUT2D eigenvalue weighted by Gasteiger charge is 2.35. The molecule has 1 heterocycles. The number of nitrogens with one attached hydrogen (secondary N) is 1. The number of fused-ring (bicyclic) bond motifs is 1. The molecule has 0 saturated heterocycles. The number of carbonyl (C=O) groups is 2. The molecule has 0 aliphatic heterocycles. The summed E-state index contributed by atoms with van der Waals surface area (Å²) in [6, 6.07) is 3.83. The number of allylic oxidation sites excluding steroid dienone is 2. The average molecular weight is 426 g/mol. The topological polar surface area (TPSA) is 147 Å². The van der Waals surface area contributed by atoms with E-state index in [1.807, 2.05) is 5.32 Å². The lowest BCUT2D eigenvalue weighted by Crippen LogP contribution is -2.36. The molecule has 1 aromatic heterocycles. The molecule has 30 heavy (non-hydrogen) atoms. The van der Waals surface area contributed by atoms with Crippen LogP contribution in [-0.2, 0) is 4.79 Å². The minimum absolute atomic E-state index is 0.179. The Balaban J connectivity index is 2.91. The van der Waals surface area contributed by atoms with Crippen LogP contribution in [0.15, 0.2) is 40.2 Å². The second-order valence-corrected chi connectivity index (χ2v) is 5.95. The second-order valence-electron chi connectivity index (χ2n) is 5.95. The Labute approximate surface area is 166 Å². The van der Waals surface area contributed by atoms with Gasteiger partial charge in [0.05, 0.1) is 5.69 Å². The summed E-state index contributed by atoms with van der Waals surface area (Å²) in [7, 11) is 0. The van der Waals surface area contributed by atoms with Crippen molar-refractivity contribution in [2.75, 3.05) is 12.3 Å². The highest BCUT2D eigenvalue weighted by Crippen LogP contribution is 2.30. The number of carboxylic acid groups (broad SMARTS) is 1. The number of halogens is 3. The molecule has 0 saturated carbocycles. The molecule has 0 atom stereocenters. The van der Waals surface area contributed by atoms with E-state index in [0.29, 0.717) is 6.08 Å². The Kier molecular flexibility index (Phi) is 6.49. The summed E-state index contributed by atoms with van der Waals surface area (Å²) in [5, 5.41) is 24.1. The van der Waals surface area contributed by atoms with Crippen LogP contribution in [0.1, 0.15) is 23.7 Å². The van der Waals surface area contributed by atoms with Crippen LogP contribution in [-0.4, -0.2) is 45.2 Å². The third-order valence-electron chi connectivity index (χ3n) is 3.81. The summed E-state index contributed by atoms with van der Waals surface area (Å²) in [5.41, 5.74) is 1.43. The number of aromatic nitrogens is 1. The fraction of sp³-hybridized carbons (Fsp3) is 0.222. The number of amides is 1. The van der Waals surface area contributed by atoms with Crippen LogP contribution < -0.4 is 16.6 Å². The van der Waals surface area contributed by atoms with Crippen molar-refractivity contribution in [1.82, 2.24) is 9.99 Å². The number of anilines is 1. The number of nitrogen functional groups attached to an aromatic ring is 1. The largest absolute Gasteiger partial charge is 0.506 e. The first-order chi connectivity index (χ1) is 14.0. The Morgan fingerprint density at radius 3 is 2.57 bits per heavy atom. The number of hydrogen-bond donors (Lipinski definition) is 4. The summed E-state index contributed by atoms with van der Waals surface area (Å²) in [6.07, 6.45) is -2.85. The molecule has 5 N–H and O–H groups in total. The number of carboxylic acids is 1. The zero-order chi connectivity index (χ0) is 22.6. The van der Waals surface area contributed by atoms with Gasteiger partial charge in [-0.1, -0.05) is 19.1 Å². The molecule has 0 bridgehead atoms. The van der Waals surface area contributed by atoms with Crippen LogP contribution in [0, 0.1) is 0 Å². The zero-order valence-electron chi connectivity index (χ0n) is 15.5. The van der Waals surface area contributed by atoms with Crippen molar-refractivity contribution < 1.29 is 33.0 Å². The molecule has 0 aliphatic carbocycles. The molecule has 2 rings (SSSR count). The van der Waals surface area contributed by atoms with Crippen molar-refractivity contribution >= 4 is 34.2 Å². The van der Waals surface area contributed by atoms with Gasteiger partial charge in [0.15, 0.2) is 5.71 Å². The van der Waals surface area contributed by atoms with E-state index in [2.05, 4.69) is 5.10 Å². The predicted octanol–water partition coefficient (Wildman–Crippen LogP) is 1.84. The molecule has 9 nitrogen and oxygen atoms in total. The molecule has 1 amide bonds. The van der Waals surface area contributed by atoms with Crippen molar-refractivity contribution in [3.63, 3.8) is 0 Å². The second kappa shape index (κ2) is 8.68. The number of hydrogen-bond acceptors (Lipinski definition) is 6. The number of alkyl halides is 3. The minimum atomic E-state index is -4.94. The fourth-order valence-corrected chi connectivity index (χ4v) is 2.50. The minimum Gasteiger partial charge on any atom is -0.506 e. The third-order valence-corrected chi connectivity index (χ3v) is 3.81. The number of aromatic hydroxyl groups is 1. The van der Waals surface area contributed by atoms with Gasteiger partial charge in [-0.15, -0.1) is 0 Å². The van der Waals surface area contributed by atoms with Gasteiger partial charge in [-0.05, 0) is 24.6 Å². The van der Waals surface area contributed by atoms with Crippen LogP contribution in [0.3, 0.4) is 0 Å². The molecular formula is C18H17F3N4O5. The Hall–Kier alpha value is -3.83. The lowest BCUT2D eigenvalue weighted by Gasteiger charge is -2.14. The van der Waals surface area contributed by atoms with Crippen LogP contribution in [0.4, 0.5) is 18.9 Å². The SMILES string of the molecule is CC/C=C\C(=N/n1c(=O)c(C(=O)NCC(=O)O)c(O)c2cccc(N)c21)C(F)(F)F. The number of carbonyl (C=O) groups excluding carboxylic acids is 1. The molecule has 1 aromatic carbocycles. The van der Waals surface area contributed by atoms with Gasteiger partial charge in [-0.2, -0.15) is 22.9 Å². The highest BCUT2D eigenvalue weighted by molar-refractivity contribution is 6.05. The van der Waals surface area contributed by atoms with E-state index in [0.717, 1.165) is 0 Å². The molecule has 0 unspecified atom stereocenters. The van der Waals surface area contributed by atoms with E-state index >= 15 is 0 Å². The molecule has 0 spiro atoms. The smallest absolute Gasteiger partial charge is 0.435 e. The summed E-state index contributed by atoms with van der Waals surface area (Å²) < 4.78 is 40.4. The quantitative estimate of drug-likeness (QED) is 0.409. The van der Waals surface area contributed by atoms with Crippen LogP contribution in [0.2, 0.25) is 0 Å². The predicted molar refractivity (Wildman–Crippen MR) is 103 cm³/mol. The maximum Gasteiger partial charge on any atom is 0.435 e. The fourth-order valence-electron chi connectivity index (χ4n) is 2.50. The van der Waals surface area contributed by atoms with Gasteiger partial charge in [0.2, 0.25) is 0 Å². The molecule has 160 valence electrons. The van der Waals surface area contributed by atoms with Gasteiger partial charge >= 0.3 is 12.1 Å². The van der Waals surface area contributed by atoms with Gasteiger partial charge < -0.3 is 21.3 Å². The standard InChI is InChI=1S/C18H17F3N4O5/c1-2-3-7-11(18(19,20)21)24-25-14-9(5-4-6-10(14)22)15(28)13(17(25)30)16(29)23-8-12(26)27/h3-7,28H,2,8,22H2,1H3,(H,23,29)(H,26,27)/b7-3-,24-11+. The Morgan fingerprint density at radius 2 is 2.00 bits per heavy atom. The lowest BCUT2D eigenvalue weighted by molar-refractivity contribution is -0.135. The van der Waals surface area contributed by atoms with E-state index in [4.69, 9.17) is 10.8 Å². The number of benzene rings is 1. The van der Waals surface area contributed by atoms with Crippen LogP contribution in [0.25, 0.3) is 10.9 Å². The monoisotopic (exact) mass is 426 g/mol. The average Bonchev–Trinajstić information content (AvgIpc) is 2.65. The number of para-hydroxylation sites is 1. The normalized spacial score (nSPS) is 12.5. The first kappa shape index (κ1) is 22.5. The van der Waals surface area contributed by atoms with Crippen molar-refractivity contribution in [1.29, 1.82) is 0 Å². The summed E-state index contributed by atoms with van der Waals surface area (Å²) in [4.78, 5) is 35.7. The van der Waals surface area contributed by atoms with E-state index in [1.165, 1.54) is 24.3 Å². The van der Waals surface area contributed by atoms with Crippen LogP contribution in [0.5, 0.6) is 5.75 Å². The molecule has 12 heteroatoms. The first-order valence-corrected chi connectivity index (χ1v) is 8.47. The summed E-state index contributed by atoms with van der Waals surface area (Å²) in [6.45, 7) is 0.707. The van der Waals surface area contributed by atoms with Gasteiger partial charge in [0.25, 0.3) is 11.5 Å². The highest BCUT2D eigenvalue weighted by atomic mass is 19.4. The van der Waals surface area contributed by atoms with Crippen molar-refractivity contribution in [2.45, 2.75) is 19.5 Å². The van der Waals surface area contributed by atoms with E-state index in [9.17, 15) is 32.7 Å². The number of nitrogens with two attached hydrogens (primary N) is 1. The van der Waals surface area contributed by atoms with Crippen LogP contribution >= 0.6 is 0 Å². The third kappa shape index (κ3) is 4.59. The Morgan fingerprint density at radius 1 is 1.33 bits per heavy atom. The van der Waals surface area contributed by atoms with Gasteiger partial charge in [0.1, 0.15) is 23.4 Å². The summed E-state index contributed by atoms with van der Waals surface area (Å²) in [5.74, 6) is -3.60. The number of rotatable bonds is 6. The first-order valence-electron chi connectivity index (χ1n) is 8.47. The maximum absolute atomic E-state index is 13.4. The van der Waals surface area contributed by atoms with Crippen molar-refractivity contribution in [2.24, 2.45) is 5.10 Å². The molecule has 0 fully saturated rings.